The number of benzene rings is 2. The molecule has 10 nitrogen and oxygen atoms in total. The van der Waals surface area contributed by atoms with Crippen LogP contribution in [0.5, 0.6) is 0 Å². The minimum atomic E-state index is -0.278. The van der Waals surface area contributed by atoms with Gasteiger partial charge in [0.15, 0.2) is 5.82 Å². The van der Waals surface area contributed by atoms with Crippen LogP contribution in [0, 0.1) is 0 Å². The molecule has 2 fully saturated rings. The molecule has 2 saturated heterocycles. The van der Waals surface area contributed by atoms with Gasteiger partial charge in [-0.05, 0) is 49.2 Å². The van der Waals surface area contributed by atoms with Crippen LogP contribution in [-0.4, -0.2) is 61.4 Å². The smallest absolute Gasteiger partial charge is 0.318 e. The van der Waals surface area contributed by atoms with Crippen LogP contribution in [0.25, 0.3) is 22.6 Å². The van der Waals surface area contributed by atoms with Gasteiger partial charge in [-0.15, -0.1) is 0 Å². The second-order valence-electron chi connectivity index (χ2n) is 8.86. The number of morpholine rings is 1. The average molecular weight is 488 g/mol. The van der Waals surface area contributed by atoms with E-state index >= 15 is 0 Å². The van der Waals surface area contributed by atoms with Crippen LogP contribution in [0.15, 0.2) is 54.6 Å². The summed E-state index contributed by atoms with van der Waals surface area (Å²) < 4.78 is 6.02. The van der Waals surface area contributed by atoms with E-state index in [1.807, 2.05) is 54.6 Å². The van der Waals surface area contributed by atoms with E-state index in [0.29, 0.717) is 17.2 Å². The molecule has 2 aromatic carbocycles. The lowest BCUT2D eigenvalue weighted by atomic mass is 10.1. The monoisotopic (exact) mass is 487 g/mol. The number of nitrogens with zero attached hydrogens (tertiary/aromatic N) is 3. The number of nitrogens with one attached hydrogen (secondary N) is 4. The topological polar surface area (TPSA) is 121 Å². The number of aromatic nitrogens is 2. The van der Waals surface area contributed by atoms with Gasteiger partial charge < -0.3 is 30.9 Å². The zero-order chi connectivity index (χ0) is 25.1. The summed E-state index contributed by atoms with van der Waals surface area (Å²) in [6.45, 7) is 1.60. The van der Waals surface area contributed by atoms with Crippen molar-refractivity contribution in [3.05, 3.63) is 54.6 Å². The Bertz CT molecular complexity index is 1160. The molecule has 2 atom stereocenters. The third-order valence-corrected chi connectivity index (χ3v) is 6.37. The molecule has 36 heavy (non-hydrogen) atoms. The number of hydrogen-bond acceptors (Lipinski definition) is 6. The van der Waals surface area contributed by atoms with E-state index in [9.17, 15) is 9.59 Å². The molecule has 1 aromatic heterocycles. The molecule has 3 aromatic rings. The highest BCUT2D eigenvalue weighted by molar-refractivity contribution is 5.90. The first kappa shape index (κ1) is 23.6. The van der Waals surface area contributed by atoms with E-state index in [1.165, 1.54) is 0 Å². The molecular formula is C26H29N7O3. The summed E-state index contributed by atoms with van der Waals surface area (Å²) in [5.74, 6) is 1.45. The second kappa shape index (κ2) is 10.2. The lowest BCUT2D eigenvalue weighted by Crippen LogP contribution is -2.43. The van der Waals surface area contributed by atoms with Crippen molar-refractivity contribution in [2.75, 3.05) is 42.7 Å². The molecule has 0 radical (unpaired) electrons. The highest BCUT2D eigenvalue weighted by Gasteiger charge is 2.34. The van der Waals surface area contributed by atoms with Crippen LogP contribution in [0.4, 0.5) is 26.8 Å². The molecule has 0 spiro atoms. The first-order valence-electron chi connectivity index (χ1n) is 12.0. The van der Waals surface area contributed by atoms with Crippen molar-refractivity contribution in [3.8, 4) is 22.6 Å². The Labute approximate surface area is 209 Å². The van der Waals surface area contributed by atoms with Gasteiger partial charge in [-0.25, -0.2) is 19.6 Å². The maximum absolute atomic E-state index is 11.6. The van der Waals surface area contributed by atoms with Gasteiger partial charge in [0.2, 0.25) is 0 Å². The fourth-order valence-corrected chi connectivity index (χ4v) is 4.49. The number of carbonyl (C=O) groups is 2. The molecule has 2 aliphatic rings. The Hall–Kier alpha value is -4.18. The molecular weight excluding hydrogens is 458 g/mol. The van der Waals surface area contributed by atoms with Crippen LogP contribution in [0.3, 0.4) is 0 Å². The van der Waals surface area contributed by atoms with Crippen molar-refractivity contribution in [1.82, 2.24) is 20.6 Å². The molecule has 0 aliphatic carbocycles. The number of hydrogen-bond donors (Lipinski definition) is 4. The standard InChI is InChI=1S/C26H29N7O3/c1-27-25(34)29-18-7-3-16(4-8-18)22-13-23(33-14-20-11-12-21(15-33)36-20)32-24(31-22)17-5-9-19(10-6-17)30-26(35)28-2/h3-10,13,20-21H,11-12,14-15H2,1-2H3,(H2,27,29,34)(H2,28,30,35). The minimum absolute atomic E-state index is 0.232. The molecule has 0 saturated carbocycles. The average Bonchev–Trinajstić information content (AvgIpc) is 3.26. The van der Waals surface area contributed by atoms with Crippen molar-refractivity contribution in [3.63, 3.8) is 0 Å². The fourth-order valence-electron chi connectivity index (χ4n) is 4.49. The van der Waals surface area contributed by atoms with Gasteiger partial charge in [0.05, 0.1) is 17.9 Å². The molecule has 2 aliphatic heterocycles. The number of urea groups is 2. The third-order valence-electron chi connectivity index (χ3n) is 6.37. The van der Waals surface area contributed by atoms with Gasteiger partial charge in [-0.3, -0.25) is 0 Å². The van der Waals surface area contributed by atoms with E-state index < -0.39 is 0 Å². The molecule has 10 heteroatoms. The third kappa shape index (κ3) is 5.23. The zero-order valence-corrected chi connectivity index (χ0v) is 20.2. The van der Waals surface area contributed by atoms with Gasteiger partial charge in [0, 0.05) is 55.8 Å². The van der Waals surface area contributed by atoms with Crippen molar-refractivity contribution < 1.29 is 14.3 Å². The summed E-state index contributed by atoms with van der Waals surface area (Å²) in [6, 6.07) is 16.5. The first-order valence-corrected chi connectivity index (χ1v) is 12.0. The second-order valence-corrected chi connectivity index (χ2v) is 8.86. The van der Waals surface area contributed by atoms with E-state index in [1.54, 1.807) is 14.1 Å². The van der Waals surface area contributed by atoms with Gasteiger partial charge in [-0.1, -0.05) is 12.1 Å². The van der Waals surface area contributed by atoms with E-state index in [2.05, 4.69) is 26.2 Å². The Kier molecular flexibility index (Phi) is 6.68. The summed E-state index contributed by atoms with van der Waals surface area (Å²) in [5.41, 5.74) is 3.91. The van der Waals surface area contributed by atoms with Crippen LogP contribution in [0.2, 0.25) is 0 Å². The summed E-state index contributed by atoms with van der Waals surface area (Å²) in [4.78, 5) is 35.3. The number of rotatable bonds is 5. The fraction of sp³-hybridized carbons (Fsp3) is 0.308. The molecule has 5 rings (SSSR count). The van der Waals surface area contributed by atoms with Crippen LogP contribution in [0.1, 0.15) is 12.8 Å². The molecule has 2 bridgehead atoms. The first-order chi connectivity index (χ1) is 17.5. The zero-order valence-electron chi connectivity index (χ0n) is 20.2. The predicted molar refractivity (Wildman–Crippen MR) is 139 cm³/mol. The van der Waals surface area contributed by atoms with Crippen LogP contribution < -0.4 is 26.2 Å². The van der Waals surface area contributed by atoms with Gasteiger partial charge in [0.25, 0.3) is 0 Å². The number of amides is 4. The summed E-state index contributed by atoms with van der Waals surface area (Å²) in [7, 11) is 3.15. The Morgan fingerprint density at radius 2 is 1.33 bits per heavy atom. The number of fused-ring (bicyclic) bond motifs is 2. The number of ether oxygens (including phenoxy) is 1. The van der Waals surface area contributed by atoms with Gasteiger partial charge in [-0.2, -0.15) is 0 Å². The Morgan fingerprint density at radius 1 is 0.806 bits per heavy atom. The highest BCUT2D eigenvalue weighted by Crippen LogP contribution is 2.32. The molecule has 3 heterocycles. The number of carbonyl (C=O) groups excluding carboxylic acids is 2. The maximum atomic E-state index is 11.6. The highest BCUT2D eigenvalue weighted by atomic mass is 16.5. The van der Waals surface area contributed by atoms with E-state index in [0.717, 1.165) is 48.6 Å². The van der Waals surface area contributed by atoms with Crippen molar-refractivity contribution >= 4 is 29.3 Å². The number of anilines is 3. The summed E-state index contributed by atoms with van der Waals surface area (Å²) in [6.07, 6.45) is 2.61. The quantitative estimate of drug-likeness (QED) is 0.436. The Morgan fingerprint density at radius 3 is 1.86 bits per heavy atom. The van der Waals surface area contributed by atoms with Crippen LogP contribution >= 0.6 is 0 Å². The van der Waals surface area contributed by atoms with E-state index in [4.69, 9.17) is 14.7 Å². The largest absolute Gasteiger partial charge is 0.371 e. The van der Waals surface area contributed by atoms with Crippen LogP contribution in [-0.2, 0) is 4.74 Å². The summed E-state index contributed by atoms with van der Waals surface area (Å²) in [5, 5.41) is 10.6. The van der Waals surface area contributed by atoms with E-state index in [-0.39, 0.29) is 24.3 Å². The lowest BCUT2D eigenvalue weighted by molar-refractivity contribution is 0.0302. The molecule has 186 valence electrons. The van der Waals surface area contributed by atoms with Gasteiger partial charge >= 0.3 is 12.1 Å². The van der Waals surface area contributed by atoms with Crippen molar-refractivity contribution in [1.29, 1.82) is 0 Å². The SMILES string of the molecule is CNC(=O)Nc1ccc(-c2cc(N3CC4CCC(C3)O4)nc(-c3ccc(NC(=O)NC)cc3)n2)cc1. The lowest BCUT2D eigenvalue weighted by Gasteiger charge is -2.33. The summed E-state index contributed by atoms with van der Waals surface area (Å²) >= 11 is 0. The predicted octanol–water partition coefficient (Wildman–Crippen LogP) is 3.68. The van der Waals surface area contributed by atoms with Crippen molar-refractivity contribution in [2.24, 2.45) is 0 Å². The van der Waals surface area contributed by atoms with Crippen molar-refractivity contribution in [2.45, 2.75) is 25.0 Å². The Balaban J connectivity index is 1.48. The minimum Gasteiger partial charge on any atom is -0.371 e. The van der Waals surface area contributed by atoms with Gasteiger partial charge in [0.1, 0.15) is 5.82 Å². The normalized spacial score (nSPS) is 18.4. The maximum Gasteiger partial charge on any atom is 0.318 e. The molecule has 2 unspecified atom stereocenters. The molecule has 4 amide bonds. The molecule has 4 N–H and O–H groups in total.